The topological polar surface area (TPSA) is 44.8 Å². The maximum Gasteiger partial charge on any atom is 0.332 e. The van der Waals surface area contributed by atoms with Gasteiger partial charge in [-0.05, 0) is 6.42 Å². The van der Waals surface area contributed by atoms with Gasteiger partial charge in [-0.25, -0.2) is 4.79 Å². The lowest BCUT2D eigenvalue weighted by molar-refractivity contribution is -0.175. The lowest BCUT2D eigenvalue weighted by Gasteiger charge is -2.22. The largest absolute Gasteiger partial charge is 0.456 e. The molecule has 0 bridgehead atoms. The molecule has 1 heterocycles. The molecule has 0 spiro atoms. The molecule has 0 radical (unpaired) electrons. The third-order valence-corrected chi connectivity index (χ3v) is 4.27. The fraction of sp³-hybridized carbons (Fsp3) is 0.947. The molecular weight excluding hydrogens is 292 g/mol. The molecule has 4 nitrogen and oxygen atoms in total. The fourth-order valence-electron chi connectivity index (χ4n) is 2.87. The highest BCUT2D eigenvalue weighted by Crippen LogP contribution is 2.12. The van der Waals surface area contributed by atoms with Crippen molar-refractivity contribution in [1.82, 2.24) is 0 Å². The molecule has 1 rings (SSSR count). The molecule has 0 aliphatic carbocycles. The van der Waals surface area contributed by atoms with E-state index in [4.69, 9.17) is 14.2 Å². The average Bonchev–Trinajstić information content (AvgIpc) is 2.55. The van der Waals surface area contributed by atoms with Gasteiger partial charge in [-0.1, -0.05) is 77.6 Å². The van der Waals surface area contributed by atoms with Crippen LogP contribution in [0.1, 0.15) is 84.0 Å². The Balaban J connectivity index is 1.72. The van der Waals surface area contributed by atoms with Gasteiger partial charge in [0.05, 0.1) is 13.2 Å². The van der Waals surface area contributed by atoms with E-state index < -0.39 is 0 Å². The molecule has 23 heavy (non-hydrogen) atoms. The SMILES string of the molecule is CCCCCCCCCCCCCCOCC1COCC(=O)O1. The third-order valence-electron chi connectivity index (χ3n) is 4.27. The van der Waals surface area contributed by atoms with Crippen LogP contribution in [0.4, 0.5) is 0 Å². The van der Waals surface area contributed by atoms with E-state index in [0.717, 1.165) is 13.0 Å². The molecule has 136 valence electrons. The van der Waals surface area contributed by atoms with Gasteiger partial charge in [0, 0.05) is 6.61 Å². The van der Waals surface area contributed by atoms with Crippen LogP contribution in [-0.4, -0.2) is 38.5 Å². The Labute approximate surface area is 142 Å². The Morgan fingerprint density at radius 2 is 1.48 bits per heavy atom. The summed E-state index contributed by atoms with van der Waals surface area (Å²) in [5.41, 5.74) is 0. The first-order valence-corrected chi connectivity index (χ1v) is 9.68. The van der Waals surface area contributed by atoms with Crippen molar-refractivity contribution in [2.24, 2.45) is 0 Å². The first-order chi connectivity index (χ1) is 11.3. The highest BCUT2D eigenvalue weighted by molar-refractivity contribution is 5.71. The summed E-state index contributed by atoms with van der Waals surface area (Å²) in [6.07, 6.45) is 16.0. The zero-order chi connectivity index (χ0) is 16.6. The molecule has 0 aromatic heterocycles. The summed E-state index contributed by atoms with van der Waals surface area (Å²) < 4.78 is 15.8. The molecule has 1 fully saturated rings. The number of carbonyl (C=O) groups excluding carboxylic acids is 1. The van der Waals surface area contributed by atoms with Crippen LogP contribution >= 0.6 is 0 Å². The molecule has 0 N–H and O–H groups in total. The van der Waals surface area contributed by atoms with Gasteiger partial charge >= 0.3 is 5.97 Å². The van der Waals surface area contributed by atoms with Crippen molar-refractivity contribution in [3.63, 3.8) is 0 Å². The monoisotopic (exact) mass is 328 g/mol. The molecule has 0 aromatic carbocycles. The van der Waals surface area contributed by atoms with Crippen LogP contribution in [0.3, 0.4) is 0 Å². The van der Waals surface area contributed by atoms with Crippen LogP contribution in [0.15, 0.2) is 0 Å². The molecule has 1 unspecified atom stereocenters. The van der Waals surface area contributed by atoms with Crippen molar-refractivity contribution in [2.75, 3.05) is 26.4 Å². The highest BCUT2D eigenvalue weighted by atomic mass is 16.6. The lowest BCUT2D eigenvalue weighted by atomic mass is 10.1. The summed E-state index contributed by atoms with van der Waals surface area (Å²) in [6, 6.07) is 0. The number of esters is 1. The average molecular weight is 328 g/mol. The fourth-order valence-corrected chi connectivity index (χ4v) is 2.87. The zero-order valence-corrected chi connectivity index (χ0v) is 15.0. The van der Waals surface area contributed by atoms with Gasteiger partial charge in [-0.3, -0.25) is 0 Å². The Kier molecular flexibility index (Phi) is 13.3. The smallest absolute Gasteiger partial charge is 0.332 e. The second-order valence-corrected chi connectivity index (χ2v) is 6.59. The number of cyclic esters (lactones) is 1. The minimum Gasteiger partial charge on any atom is -0.456 e. The predicted molar refractivity (Wildman–Crippen MR) is 92.6 cm³/mol. The Hall–Kier alpha value is -0.610. The van der Waals surface area contributed by atoms with Crippen LogP contribution in [0.2, 0.25) is 0 Å². The molecule has 1 atom stereocenters. The van der Waals surface area contributed by atoms with Crippen molar-refractivity contribution in [1.29, 1.82) is 0 Å². The van der Waals surface area contributed by atoms with E-state index in [0.29, 0.717) is 13.2 Å². The molecule has 0 amide bonds. The minimum absolute atomic E-state index is 0.0786. The summed E-state index contributed by atoms with van der Waals surface area (Å²) in [5, 5.41) is 0. The second-order valence-electron chi connectivity index (χ2n) is 6.59. The first kappa shape index (κ1) is 20.4. The molecule has 1 aliphatic heterocycles. The number of rotatable bonds is 15. The van der Waals surface area contributed by atoms with Crippen LogP contribution in [0.5, 0.6) is 0 Å². The maximum absolute atomic E-state index is 11.0. The van der Waals surface area contributed by atoms with Crippen molar-refractivity contribution in [3.05, 3.63) is 0 Å². The number of hydrogen-bond donors (Lipinski definition) is 0. The van der Waals surface area contributed by atoms with E-state index in [-0.39, 0.29) is 18.7 Å². The predicted octanol–water partition coefficient (Wildman–Crippen LogP) is 4.65. The normalized spacial score (nSPS) is 18.1. The van der Waals surface area contributed by atoms with Gasteiger partial charge in [0.25, 0.3) is 0 Å². The summed E-state index contributed by atoms with van der Waals surface area (Å²) in [5.74, 6) is -0.282. The van der Waals surface area contributed by atoms with Crippen molar-refractivity contribution >= 4 is 5.97 Å². The van der Waals surface area contributed by atoms with Gasteiger partial charge in [0.2, 0.25) is 0 Å². The van der Waals surface area contributed by atoms with Crippen LogP contribution in [0, 0.1) is 0 Å². The molecule has 1 aliphatic rings. The number of hydrogen-bond acceptors (Lipinski definition) is 4. The standard InChI is InChI=1S/C19H36O4/c1-2-3-4-5-6-7-8-9-10-11-12-13-14-21-15-18-16-22-17-19(20)23-18/h18H,2-17H2,1H3. The molecule has 0 saturated carbocycles. The van der Waals surface area contributed by atoms with Gasteiger partial charge in [0.1, 0.15) is 12.7 Å². The maximum atomic E-state index is 11.0. The Morgan fingerprint density at radius 1 is 0.913 bits per heavy atom. The molecule has 0 aromatic rings. The number of carbonyl (C=O) groups is 1. The van der Waals surface area contributed by atoms with E-state index in [1.165, 1.54) is 70.6 Å². The van der Waals surface area contributed by atoms with Crippen molar-refractivity contribution in [2.45, 2.75) is 90.1 Å². The van der Waals surface area contributed by atoms with E-state index >= 15 is 0 Å². The van der Waals surface area contributed by atoms with Gasteiger partial charge in [-0.15, -0.1) is 0 Å². The Bertz CT molecular complexity index is 281. The van der Waals surface area contributed by atoms with Crippen LogP contribution in [-0.2, 0) is 19.0 Å². The number of unbranched alkanes of at least 4 members (excludes halogenated alkanes) is 11. The first-order valence-electron chi connectivity index (χ1n) is 9.68. The third kappa shape index (κ3) is 12.5. The summed E-state index contributed by atoms with van der Waals surface area (Å²) in [7, 11) is 0. The van der Waals surface area contributed by atoms with Crippen LogP contribution < -0.4 is 0 Å². The van der Waals surface area contributed by atoms with Gasteiger partial charge in [-0.2, -0.15) is 0 Å². The highest BCUT2D eigenvalue weighted by Gasteiger charge is 2.20. The second kappa shape index (κ2) is 14.9. The summed E-state index contributed by atoms with van der Waals surface area (Å²) in [4.78, 5) is 11.0. The number of ether oxygens (including phenoxy) is 3. The van der Waals surface area contributed by atoms with Crippen molar-refractivity contribution < 1.29 is 19.0 Å². The van der Waals surface area contributed by atoms with E-state index in [1.54, 1.807) is 0 Å². The lowest BCUT2D eigenvalue weighted by Crippen LogP contribution is -2.36. The van der Waals surface area contributed by atoms with Crippen molar-refractivity contribution in [3.8, 4) is 0 Å². The quantitative estimate of drug-likeness (QED) is 0.324. The Morgan fingerprint density at radius 3 is 2.04 bits per heavy atom. The summed E-state index contributed by atoms with van der Waals surface area (Å²) in [6.45, 7) is 4.03. The van der Waals surface area contributed by atoms with Gasteiger partial charge in [0.15, 0.2) is 0 Å². The van der Waals surface area contributed by atoms with Gasteiger partial charge < -0.3 is 14.2 Å². The van der Waals surface area contributed by atoms with E-state index in [1.807, 2.05) is 0 Å². The molecular formula is C19H36O4. The molecule has 1 saturated heterocycles. The molecule has 4 heteroatoms. The summed E-state index contributed by atoms with van der Waals surface area (Å²) >= 11 is 0. The van der Waals surface area contributed by atoms with Crippen LogP contribution in [0.25, 0.3) is 0 Å². The van der Waals surface area contributed by atoms with E-state index in [2.05, 4.69) is 6.92 Å². The zero-order valence-electron chi connectivity index (χ0n) is 15.0. The van der Waals surface area contributed by atoms with E-state index in [9.17, 15) is 4.79 Å². The minimum atomic E-state index is -0.282.